The maximum absolute atomic E-state index is 11.0. The molecule has 0 spiro atoms. The Kier molecular flexibility index (Phi) is 4.48. The summed E-state index contributed by atoms with van der Waals surface area (Å²) in [5, 5.41) is 10.2. The Morgan fingerprint density at radius 1 is 1.36 bits per heavy atom. The fourth-order valence-corrected chi connectivity index (χ4v) is 3.18. The van der Waals surface area contributed by atoms with E-state index in [4.69, 9.17) is 9.84 Å². The SMILES string of the molecule is CC(Cc1ccc2c(ccn2CC2CCOCC2)c1)C(=O)O. The Morgan fingerprint density at radius 3 is 2.86 bits per heavy atom. The fourth-order valence-electron chi connectivity index (χ4n) is 3.18. The first kappa shape index (κ1) is 15.1. The summed E-state index contributed by atoms with van der Waals surface area (Å²) < 4.78 is 7.74. The maximum Gasteiger partial charge on any atom is 0.306 e. The van der Waals surface area contributed by atoms with E-state index in [-0.39, 0.29) is 5.92 Å². The van der Waals surface area contributed by atoms with Gasteiger partial charge in [0, 0.05) is 31.5 Å². The lowest BCUT2D eigenvalue weighted by Crippen LogP contribution is -2.20. The van der Waals surface area contributed by atoms with Gasteiger partial charge in [-0.2, -0.15) is 0 Å². The Morgan fingerprint density at radius 2 is 2.14 bits per heavy atom. The van der Waals surface area contributed by atoms with E-state index in [1.165, 1.54) is 10.9 Å². The zero-order chi connectivity index (χ0) is 15.5. The number of benzene rings is 1. The van der Waals surface area contributed by atoms with Crippen LogP contribution in [0, 0.1) is 11.8 Å². The molecule has 0 amide bonds. The number of rotatable bonds is 5. The van der Waals surface area contributed by atoms with Crippen LogP contribution in [-0.2, 0) is 22.5 Å². The Bertz CT molecular complexity index is 655. The van der Waals surface area contributed by atoms with Gasteiger partial charge in [0.05, 0.1) is 5.92 Å². The highest BCUT2D eigenvalue weighted by Gasteiger charge is 2.16. The van der Waals surface area contributed by atoms with Crippen molar-refractivity contribution in [2.24, 2.45) is 11.8 Å². The topological polar surface area (TPSA) is 51.5 Å². The van der Waals surface area contributed by atoms with E-state index in [0.717, 1.165) is 38.2 Å². The van der Waals surface area contributed by atoms with Crippen LogP contribution in [0.5, 0.6) is 0 Å². The smallest absolute Gasteiger partial charge is 0.306 e. The van der Waals surface area contributed by atoms with E-state index in [0.29, 0.717) is 12.3 Å². The van der Waals surface area contributed by atoms with Crippen molar-refractivity contribution < 1.29 is 14.6 Å². The molecule has 1 fully saturated rings. The summed E-state index contributed by atoms with van der Waals surface area (Å²) in [6, 6.07) is 8.43. The van der Waals surface area contributed by atoms with Crippen LogP contribution in [-0.4, -0.2) is 28.9 Å². The monoisotopic (exact) mass is 301 g/mol. The molecular formula is C18H23NO3. The second-order valence-corrected chi connectivity index (χ2v) is 6.36. The van der Waals surface area contributed by atoms with E-state index < -0.39 is 5.97 Å². The summed E-state index contributed by atoms with van der Waals surface area (Å²) in [4.78, 5) is 11.0. The van der Waals surface area contributed by atoms with Gasteiger partial charge in [-0.05, 0) is 54.3 Å². The standard InChI is InChI=1S/C18H23NO3/c1-13(18(20)21)10-15-2-3-17-16(11-15)4-7-19(17)12-14-5-8-22-9-6-14/h2-4,7,11,13-14H,5-6,8-10,12H2,1H3,(H,20,21). The molecule has 1 aromatic carbocycles. The van der Waals surface area contributed by atoms with Crippen LogP contribution in [0.25, 0.3) is 10.9 Å². The minimum absolute atomic E-state index is 0.346. The van der Waals surface area contributed by atoms with Crippen LogP contribution in [0.4, 0.5) is 0 Å². The van der Waals surface area contributed by atoms with Gasteiger partial charge >= 0.3 is 5.97 Å². The van der Waals surface area contributed by atoms with Crippen molar-refractivity contribution in [3.8, 4) is 0 Å². The Labute approximate surface area is 130 Å². The number of carboxylic acid groups (broad SMARTS) is 1. The number of hydrogen-bond donors (Lipinski definition) is 1. The Hall–Kier alpha value is -1.81. The molecule has 1 atom stereocenters. The van der Waals surface area contributed by atoms with Crippen LogP contribution in [0.3, 0.4) is 0 Å². The van der Waals surface area contributed by atoms with Crippen molar-refractivity contribution in [3.63, 3.8) is 0 Å². The van der Waals surface area contributed by atoms with Gasteiger partial charge in [0.15, 0.2) is 0 Å². The molecule has 118 valence electrons. The van der Waals surface area contributed by atoms with Gasteiger partial charge < -0.3 is 14.4 Å². The molecule has 1 aliphatic rings. The molecular weight excluding hydrogens is 278 g/mol. The van der Waals surface area contributed by atoms with Gasteiger partial charge in [-0.25, -0.2) is 0 Å². The summed E-state index contributed by atoms with van der Waals surface area (Å²) in [5.41, 5.74) is 2.32. The highest BCUT2D eigenvalue weighted by atomic mass is 16.5. The molecule has 1 aliphatic heterocycles. The van der Waals surface area contributed by atoms with E-state index in [1.807, 2.05) is 0 Å². The predicted molar refractivity (Wildman–Crippen MR) is 86.0 cm³/mol. The minimum atomic E-state index is -0.739. The quantitative estimate of drug-likeness (QED) is 0.921. The van der Waals surface area contributed by atoms with Gasteiger partial charge in [0.2, 0.25) is 0 Å². The summed E-state index contributed by atoms with van der Waals surface area (Å²) in [6.07, 6.45) is 4.99. The minimum Gasteiger partial charge on any atom is -0.481 e. The number of ether oxygens (including phenoxy) is 1. The van der Waals surface area contributed by atoms with E-state index in [2.05, 4.69) is 35.0 Å². The zero-order valence-corrected chi connectivity index (χ0v) is 13.0. The first-order chi connectivity index (χ1) is 10.6. The molecule has 0 radical (unpaired) electrons. The number of aromatic nitrogens is 1. The van der Waals surface area contributed by atoms with Crippen LogP contribution in [0.15, 0.2) is 30.5 Å². The van der Waals surface area contributed by atoms with Crippen molar-refractivity contribution in [3.05, 3.63) is 36.0 Å². The lowest BCUT2D eigenvalue weighted by Gasteiger charge is -2.22. The molecule has 4 heteroatoms. The largest absolute Gasteiger partial charge is 0.481 e. The third kappa shape index (κ3) is 3.33. The van der Waals surface area contributed by atoms with Gasteiger partial charge in [-0.3, -0.25) is 4.79 Å². The molecule has 0 saturated carbocycles. The number of hydrogen-bond acceptors (Lipinski definition) is 2. The van der Waals surface area contributed by atoms with Gasteiger partial charge in [0.25, 0.3) is 0 Å². The predicted octanol–water partition coefficient (Wildman–Crippen LogP) is 3.33. The number of nitrogens with zero attached hydrogens (tertiary/aromatic N) is 1. The zero-order valence-electron chi connectivity index (χ0n) is 13.0. The molecule has 1 saturated heterocycles. The molecule has 22 heavy (non-hydrogen) atoms. The molecule has 1 aromatic heterocycles. The molecule has 4 nitrogen and oxygen atoms in total. The number of fused-ring (bicyclic) bond motifs is 1. The van der Waals surface area contributed by atoms with E-state index >= 15 is 0 Å². The van der Waals surface area contributed by atoms with Crippen molar-refractivity contribution in [1.29, 1.82) is 0 Å². The van der Waals surface area contributed by atoms with Crippen molar-refractivity contribution >= 4 is 16.9 Å². The van der Waals surface area contributed by atoms with Crippen molar-refractivity contribution in [1.82, 2.24) is 4.57 Å². The summed E-state index contributed by atoms with van der Waals surface area (Å²) in [7, 11) is 0. The van der Waals surface area contributed by atoms with Crippen molar-refractivity contribution in [2.45, 2.75) is 32.7 Å². The van der Waals surface area contributed by atoms with Gasteiger partial charge in [-0.1, -0.05) is 13.0 Å². The number of carbonyl (C=O) groups is 1. The summed E-state index contributed by atoms with van der Waals surface area (Å²) >= 11 is 0. The van der Waals surface area contributed by atoms with Crippen LogP contribution in [0.2, 0.25) is 0 Å². The van der Waals surface area contributed by atoms with Gasteiger partial charge in [0.1, 0.15) is 0 Å². The second kappa shape index (κ2) is 6.53. The highest BCUT2D eigenvalue weighted by Crippen LogP contribution is 2.23. The molecule has 2 aromatic rings. The van der Waals surface area contributed by atoms with Gasteiger partial charge in [-0.15, -0.1) is 0 Å². The first-order valence-corrected chi connectivity index (χ1v) is 8.02. The second-order valence-electron chi connectivity index (χ2n) is 6.36. The molecule has 1 unspecified atom stereocenters. The van der Waals surface area contributed by atoms with E-state index in [1.54, 1.807) is 6.92 Å². The van der Waals surface area contributed by atoms with Crippen LogP contribution >= 0.6 is 0 Å². The highest BCUT2D eigenvalue weighted by molar-refractivity contribution is 5.81. The molecule has 0 bridgehead atoms. The average Bonchev–Trinajstić information content (AvgIpc) is 2.90. The number of carboxylic acids is 1. The fraction of sp³-hybridized carbons (Fsp3) is 0.500. The summed E-state index contributed by atoms with van der Waals surface area (Å²) in [6.45, 7) is 4.54. The molecule has 1 N–H and O–H groups in total. The lowest BCUT2D eigenvalue weighted by molar-refractivity contribution is -0.141. The Balaban J connectivity index is 1.75. The molecule has 0 aliphatic carbocycles. The molecule has 2 heterocycles. The van der Waals surface area contributed by atoms with E-state index in [9.17, 15) is 4.79 Å². The number of aliphatic carboxylic acids is 1. The van der Waals surface area contributed by atoms with Crippen LogP contribution in [0.1, 0.15) is 25.3 Å². The van der Waals surface area contributed by atoms with Crippen molar-refractivity contribution in [2.75, 3.05) is 13.2 Å². The normalized spacial score (nSPS) is 17.7. The third-order valence-electron chi connectivity index (χ3n) is 4.59. The molecule has 3 rings (SSSR count). The van der Waals surface area contributed by atoms with Crippen LogP contribution < -0.4 is 0 Å². The average molecular weight is 301 g/mol. The lowest BCUT2D eigenvalue weighted by atomic mass is 9.99. The first-order valence-electron chi connectivity index (χ1n) is 8.02. The summed E-state index contributed by atoms with van der Waals surface area (Å²) in [5.74, 6) is -0.394. The maximum atomic E-state index is 11.0. The third-order valence-corrected chi connectivity index (χ3v) is 4.59.